The number of carbonyl (C=O) groups is 1. The smallest absolute Gasteiger partial charge is 0.255 e. The Morgan fingerprint density at radius 3 is 2.67 bits per heavy atom. The molecule has 4 heterocycles. The maximum absolute atomic E-state index is 14.7. The first kappa shape index (κ1) is 24.1. The average Bonchev–Trinajstić information content (AvgIpc) is 2.90. The number of likely N-dealkylation sites (tertiary alicyclic amines) is 1. The second-order valence-electron chi connectivity index (χ2n) is 9.34. The molecule has 2 aliphatic heterocycles. The molecule has 2 saturated heterocycles. The summed E-state index contributed by atoms with van der Waals surface area (Å²) in [5, 5.41) is 17.2. The van der Waals surface area contributed by atoms with E-state index in [1.165, 1.54) is 10.6 Å². The quantitative estimate of drug-likeness (QED) is 0.499. The second kappa shape index (κ2) is 10.2. The van der Waals surface area contributed by atoms with Gasteiger partial charge in [-0.3, -0.25) is 14.2 Å². The summed E-state index contributed by atoms with van der Waals surface area (Å²) in [6.07, 6.45) is 4.99. The number of aromatic nitrogens is 3. The number of hydrogen-bond acceptors (Lipinski definition) is 7. The van der Waals surface area contributed by atoms with Crippen LogP contribution in [0.15, 0.2) is 59.7 Å². The van der Waals surface area contributed by atoms with Gasteiger partial charge in [-0.05, 0) is 57.0 Å². The predicted molar refractivity (Wildman–Crippen MR) is 133 cm³/mol. The molecule has 2 aromatic heterocycles. The van der Waals surface area contributed by atoms with Crippen molar-refractivity contribution >= 4 is 11.9 Å². The fourth-order valence-electron chi connectivity index (χ4n) is 4.84. The molecule has 5 rings (SSSR count). The topological polar surface area (TPSA) is 112 Å². The van der Waals surface area contributed by atoms with Crippen LogP contribution in [0.4, 0.5) is 10.3 Å². The Balaban J connectivity index is 1.27. The highest BCUT2D eigenvalue weighted by molar-refractivity contribution is 5.85. The molecule has 188 valence electrons. The third-order valence-electron chi connectivity index (χ3n) is 6.91. The van der Waals surface area contributed by atoms with Crippen LogP contribution >= 0.6 is 0 Å². The van der Waals surface area contributed by atoms with Crippen molar-refractivity contribution in [2.45, 2.75) is 37.3 Å². The Hall–Kier alpha value is -3.63. The van der Waals surface area contributed by atoms with Crippen molar-refractivity contribution < 1.29 is 14.3 Å². The molecule has 0 aliphatic carbocycles. The molecule has 2 aliphatic rings. The van der Waals surface area contributed by atoms with Crippen molar-refractivity contribution in [1.29, 1.82) is 0 Å². The summed E-state index contributed by atoms with van der Waals surface area (Å²) in [5.41, 5.74) is -0.184. The van der Waals surface area contributed by atoms with Crippen molar-refractivity contribution in [3.63, 3.8) is 0 Å². The number of hydrogen-bond donors (Lipinski definition) is 3. The van der Waals surface area contributed by atoms with Crippen LogP contribution in [0.3, 0.4) is 0 Å². The van der Waals surface area contributed by atoms with E-state index in [2.05, 4.69) is 20.6 Å². The summed E-state index contributed by atoms with van der Waals surface area (Å²) in [6, 6.07) is 11.9. The molecule has 3 aromatic rings. The third kappa shape index (κ3) is 5.00. The molecule has 1 amide bonds. The average molecular weight is 493 g/mol. The summed E-state index contributed by atoms with van der Waals surface area (Å²) < 4.78 is 16.2. The number of carbonyl (C=O) groups excluding carboxylic acids is 1. The molecule has 9 nitrogen and oxygen atoms in total. The summed E-state index contributed by atoms with van der Waals surface area (Å²) in [7, 11) is 0. The summed E-state index contributed by atoms with van der Waals surface area (Å²) in [6.45, 7) is 2.31. The molecule has 0 saturated carbocycles. The van der Waals surface area contributed by atoms with Gasteiger partial charge >= 0.3 is 0 Å². The van der Waals surface area contributed by atoms with Crippen LogP contribution in [-0.4, -0.2) is 68.3 Å². The van der Waals surface area contributed by atoms with Gasteiger partial charge in [-0.2, -0.15) is 0 Å². The van der Waals surface area contributed by atoms with Crippen LogP contribution in [0.2, 0.25) is 0 Å². The standard InChI is InChI=1S/C26H29FN6O3/c27-21-17-29-25(30-19-7-14-32(15-8-19)24(35)26(36)9-11-28-12-10-26)31-23(21)18-4-3-5-20(16-18)33-13-2-1-6-22(33)34/h1-6,13,16-17,19,28,36H,7-12,14-15H2,(H,29,30,31). The fraction of sp³-hybridized carbons (Fsp3) is 0.385. The van der Waals surface area contributed by atoms with Crippen molar-refractivity contribution in [2.75, 3.05) is 31.5 Å². The molecule has 0 spiro atoms. The van der Waals surface area contributed by atoms with Gasteiger partial charge in [0.1, 0.15) is 11.3 Å². The van der Waals surface area contributed by atoms with Crippen molar-refractivity contribution in [2.24, 2.45) is 0 Å². The number of pyridine rings is 1. The van der Waals surface area contributed by atoms with E-state index >= 15 is 0 Å². The molecule has 3 N–H and O–H groups in total. The minimum absolute atomic E-state index is 0.0178. The summed E-state index contributed by atoms with van der Waals surface area (Å²) in [5.74, 6) is -0.454. The maximum Gasteiger partial charge on any atom is 0.255 e. The number of nitrogens with one attached hydrogen (secondary N) is 2. The Bertz CT molecular complexity index is 1300. The van der Waals surface area contributed by atoms with Crippen molar-refractivity contribution in [1.82, 2.24) is 24.8 Å². The number of halogens is 1. The van der Waals surface area contributed by atoms with Gasteiger partial charge in [0.2, 0.25) is 5.95 Å². The lowest BCUT2D eigenvalue weighted by atomic mass is 9.90. The summed E-state index contributed by atoms with van der Waals surface area (Å²) in [4.78, 5) is 35.3. The van der Waals surface area contributed by atoms with E-state index < -0.39 is 11.4 Å². The number of nitrogens with zero attached hydrogens (tertiary/aromatic N) is 4. The number of aliphatic hydroxyl groups is 1. The Kier molecular flexibility index (Phi) is 6.80. The van der Waals surface area contributed by atoms with E-state index in [0.29, 0.717) is 69.1 Å². The van der Waals surface area contributed by atoms with Crippen molar-refractivity contribution in [3.05, 3.63) is 71.0 Å². The number of rotatable bonds is 5. The van der Waals surface area contributed by atoms with E-state index in [0.717, 1.165) is 6.20 Å². The highest BCUT2D eigenvalue weighted by Gasteiger charge is 2.41. The first-order chi connectivity index (χ1) is 17.4. The van der Waals surface area contributed by atoms with E-state index in [1.54, 1.807) is 47.5 Å². The Labute approximate surface area is 208 Å². The predicted octanol–water partition coefficient (Wildman–Crippen LogP) is 1.95. The van der Waals surface area contributed by atoms with Gasteiger partial charge in [-0.1, -0.05) is 18.2 Å². The van der Waals surface area contributed by atoms with Crippen LogP contribution in [-0.2, 0) is 4.79 Å². The molecule has 0 unspecified atom stereocenters. The summed E-state index contributed by atoms with van der Waals surface area (Å²) >= 11 is 0. The van der Waals surface area contributed by atoms with Crippen LogP contribution in [0.1, 0.15) is 25.7 Å². The second-order valence-corrected chi connectivity index (χ2v) is 9.34. The minimum Gasteiger partial charge on any atom is -0.380 e. The van der Waals surface area contributed by atoms with Gasteiger partial charge in [-0.15, -0.1) is 0 Å². The molecule has 1 aromatic carbocycles. The zero-order chi connectivity index (χ0) is 25.1. The molecule has 0 radical (unpaired) electrons. The minimum atomic E-state index is -1.28. The molecule has 0 bridgehead atoms. The SMILES string of the molecule is O=C(N1CCC(Nc2ncc(F)c(-c3cccc(-n4ccccc4=O)c3)n2)CC1)C1(O)CCNCC1. The number of amides is 1. The van der Waals surface area contributed by atoms with E-state index in [4.69, 9.17) is 0 Å². The lowest BCUT2D eigenvalue weighted by molar-refractivity contribution is -0.155. The lowest BCUT2D eigenvalue weighted by Crippen LogP contribution is -2.56. The van der Waals surface area contributed by atoms with Crippen LogP contribution in [0.5, 0.6) is 0 Å². The van der Waals surface area contributed by atoms with Crippen LogP contribution < -0.4 is 16.2 Å². The van der Waals surface area contributed by atoms with Gasteiger partial charge in [0.05, 0.1) is 6.20 Å². The van der Waals surface area contributed by atoms with Gasteiger partial charge in [0, 0.05) is 42.6 Å². The monoisotopic (exact) mass is 492 g/mol. The van der Waals surface area contributed by atoms with Crippen LogP contribution in [0.25, 0.3) is 16.9 Å². The number of benzene rings is 1. The molecule has 10 heteroatoms. The first-order valence-corrected chi connectivity index (χ1v) is 12.2. The largest absolute Gasteiger partial charge is 0.380 e. The molecule has 2 fully saturated rings. The molecular formula is C26H29FN6O3. The van der Waals surface area contributed by atoms with E-state index in [-0.39, 0.29) is 23.2 Å². The highest BCUT2D eigenvalue weighted by atomic mass is 19.1. The van der Waals surface area contributed by atoms with E-state index in [9.17, 15) is 19.1 Å². The molecule has 0 atom stereocenters. The zero-order valence-corrected chi connectivity index (χ0v) is 19.9. The normalized spacial score (nSPS) is 18.1. The van der Waals surface area contributed by atoms with Gasteiger partial charge in [0.15, 0.2) is 5.82 Å². The third-order valence-corrected chi connectivity index (χ3v) is 6.91. The number of anilines is 1. The van der Waals surface area contributed by atoms with Gasteiger partial charge < -0.3 is 20.6 Å². The van der Waals surface area contributed by atoms with Gasteiger partial charge in [-0.25, -0.2) is 14.4 Å². The highest BCUT2D eigenvalue weighted by Crippen LogP contribution is 2.26. The Morgan fingerprint density at radius 2 is 1.92 bits per heavy atom. The zero-order valence-electron chi connectivity index (χ0n) is 19.9. The van der Waals surface area contributed by atoms with Crippen molar-refractivity contribution in [3.8, 4) is 16.9 Å². The molecular weight excluding hydrogens is 463 g/mol. The number of piperidine rings is 2. The van der Waals surface area contributed by atoms with Gasteiger partial charge in [0.25, 0.3) is 11.5 Å². The first-order valence-electron chi connectivity index (χ1n) is 12.2. The van der Waals surface area contributed by atoms with E-state index in [1.807, 2.05) is 0 Å². The lowest BCUT2D eigenvalue weighted by Gasteiger charge is -2.39. The Morgan fingerprint density at radius 1 is 1.14 bits per heavy atom. The molecule has 36 heavy (non-hydrogen) atoms. The fourth-order valence-corrected chi connectivity index (χ4v) is 4.84. The maximum atomic E-state index is 14.7. The van der Waals surface area contributed by atoms with Crippen LogP contribution in [0, 0.1) is 5.82 Å².